The molecule has 0 spiro atoms. The Bertz CT molecular complexity index is 2720. The van der Waals surface area contributed by atoms with Crippen molar-refractivity contribution in [3.63, 3.8) is 0 Å². The maximum Gasteiger partial charge on any atom is 0.160 e. The Labute approximate surface area is 321 Å². The molecule has 7 aromatic carbocycles. The van der Waals surface area contributed by atoms with Crippen LogP contribution in [0.15, 0.2) is 213 Å². The predicted molar refractivity (Wildman–Crippen MR) is 224 cm³/mol. The van der Waals surface area contributed by atoms with Crippen molar-refractivity contribution in [2.24, 2.45) is 0 Å². The largest absolute Gasteiger partial charge is 0.264 e. The number of fused-ring (bicyclic) bond motifs is 3. The van der Waals surface area contributed by atoms with Crippen molar-refractivity contribution < 1.29 is 0 Å². The molecule has 0 fully saturated rings. The van der Waals surface area contributed by atoms with Crippen molar-refractivity contribution in [3.05, 3.63) is 235 Å². The number of nitrogens with zero attached hydrogens (tertiary/aromatic N) is 3. The Morgan fingerprint density at radius 3 is 1.40 bits per heavy atom. The summed E-state index contributed by atoms with van der Waals surface area (Å²) >= 11 is 0. The maximum atomic E-state index is 5.28. The van der Waals surface area contributed by atoms with E-state index in [-0.39, 0.29) is 0 Å². The highest BCUT2D eigenvalue weighted by Gasteiger charge is 2.46. The minimum atomic E-state index is -0.511. The van der Waals surface area contributed by atoms with Crippen LogP contribution in [0, 0.1) is 0 Å². The van der Waals surface area contributed by atoms with Gasteiger partial charge in [-0.3, -0.25) is 4.98 Å². The van der Waals surface area contributed by atoms with Gasteiger partial charge in [-0.25, -0.2) is 9.97 Å². The Morgan fingerprint density at radius 2 is 0.800 bits per heavy atom. The van der Waals surface area contributed by atoms with Gasteiger partial charge >= 0.3 is 0 Å². The molecule has 55 heavy (non-hydrogen) atoms. The number of hydrogen-bond donors (Lipinski definition) is 0. The molecule has 2 heterocycles. The normalized spacial score (nSPS) is 12.5. The summed E-state index contributed by atoms with van der Waals surface area (Å²) in [5.41, 5.74) is 16.3. The van der Waals surface area contributed by atoms with E-state index in [1.807, 2.05) is 18.3 Å². The second-order valence-corrected chi connectivity index (χ2v) is 14.0. The Kier molecular flexibility index (Phi) is 8.04. The van der Waals surface area contributed by atoms with E-state index in [4.69, 9.17) is 9.97 Å². The van der Waals surface area contributed by atoms with Gasteiger partial charge in [0.25, 0.3) is 0 Å². The Morgan fingerprint density at radius 1 is 0.327 bits per heavy atom. The molecule has 1 aliphatic carbocycles. The van der Waals surface area contributed by atoms with Gasteiger partial charge in [-0.05, 0) is 79.9 Å². The highest BCUT2D eigenvalue weighted by Crippen LogP contribution is 2.56. The van der Waals surface area contributed by atoms with Gasteiger partial charge in [-0.1, -0.05) is 176 Å². The lowest BCUT2D eigenvalue weighted by atomic mass is 9.67. The third-order valence-electron chi connectivity index (χ3n) is 10.9. The van der Waals surface area contributed by atoms with Crippen LogP contribution in [0.25, 0.3) is 67.3 Å². The zero-order valence-corrected chi connectivity index (χ0v) is 30.0. The van der Waals surface area contributed by atoms with Crippen molar-refractivity contribution >= 4 is 0 Å². The zero-order valence-electron chi connectivity index (χ0n) is 30.0. The van der Waals surface area contributed by atoms with Crippen molar-refractivity contribution in [2.45, 2.75) is 5.41 Å². The minimum absolute atomic E-state index is 0.511. The summed E-state index contributed by atoms with van der Waals surface area (Å²) in [6.45, 7) is 0. The van der Waals surface area contributed by atoms with Gasteiger partial charge < -0.3 is 0 Å². The van der Waals surface area contributed by atoms with Crippen LogP contribution in [-0.4, -0.2) is 15.0 Å². The second kappa shape index (κ2) is 13.6. The van der Waals surface area contributed by atoms with E-state index in [9.17, 15) is 0 Å². The lowest BCUT2D eigenvalue weighted by Crippen LogP contribution is -2.28. The van der Waals surface area contributed by atoms with Gasteiger partial charge in [-0.15, -0.1) is 0 Å². The first-order chi connectivity index (χ1) is 27.3. The van der Waals surface area contributed by atoms with Crippen molar-refractivity contribution in [1.29, 1.82) is 0 Å². The number of pyridine rings is 1. The molecular formula is C52H35N3. The molecule has 3 nitrogen and oxygen atoms in total. The maximum absolute atomic E-state index is 5.28. The van der Waals surface area contributed by atoms with E-state index in [2.05, 4.69) is 193 Å². The summed E-state index contributed by atoms with van der Waals surface area (Å²) in [5.74, 6) is 0.672. The van der Waals surface area contributed by atoms with Crippen LogP contribution < -0.4 is 0 Å². The molecule has 0 amide bonds. The third kappa shape index (κ3) is 5.65. The summed E-state index contributed by atoms with van der Waals surface area (Å²) in [6, 6.07) is 71.4. The average Bonchev–Trinajstić information content (AvgIpc) is 3.58. The molecule has 0 radical (unpaired) electrons. The van der Waals surface area contributed by atoms with Crippen LogP contribution in [0.2, 0.25) is 0 Å². The number of rotatable bonds is 7. The van der Waals surface area contributed by atoms with Crippen LogP contribution in [0.4, 0.5) is 0 Å². The van der Waals surface area contributed by atoms with Crippen LogP contribution in [0.1, 0.15) is 22.3 Å². The lowest BCUT2D eigenvalue weighted by Gasteiger charge is -2.34. The topological polar surface area (TPSA) is 38.7 Å². The summed E-state index contributed by atoms with van der Waals surface area (Å²) in [7, 11) is 0. The van der Waals surface area contributed by atoms with E-state index in [1.165, 1.54) is 50.1 Å². The van der Waals surface area contributed by atoms with Crippen LogP contribution >= 0.6 is 0 Å². The van der Waals surface area contributed by atoms with Crippen molar-refractivity contribution in [1.82, 2.24) is 15.0 Å². The molecule has 0 unspecified atom stereocenters. The first kappa shape index (κ1) is 32.4. The van der Waals surface area contributed by atoms with E-state index in [1.54, 1.807) is 6.20 Å². The Balaban J connectivity index is 1.10. The van der Waals surface area contributed by atoms with Gasteiger partial charge in [0.15, 0.2) is 5.82 Å². The summed E-state index contributed by atoms with van der Waals surface area (Å²) in [6.07, 6.45) is 3.66. The molecule has 0 saturated carbocycles. The molecule has 0 atom stereocenters. The molecular weight excluding hydrogens is 667 g/mol. The van der Waals surface area contributed by atoms with Gasteiger partial charge in [-0.2, -0.15) is 0 Å². The minimum Gasteiger partial charge on any atom is -0.264 e. The monoisotopic (exact) mass is 701 g/mol. The summed E-state index contributed by atoms with van der Waals surface area (Å²) in [4.78, 5) is 14.9. The molecule has 0 saturated heterocycles. The first-order valence-electron chi connectivity index (χ1n) is 18.7. The number of aromatic nitrogens is 3. The fourth-order valence-corrected chi connectivity index (χ4v) is 8.29. The van der Waals surface area contributed by atoms with Crippen LogP contribution in [-0.2, 0) is 5.41 Å². The fraction of sp³-hybridized carbons (Fsp3) is 0.0192. The van der Waals surface area contributed by atoms with E-state index < -0.39 is 5.41 Å². The molecule has 0 N–H and O–H groups in total. The van der Waals surface area contributed by atoms with Crippen molar-refractivity contribution in [3.8, 4) is 67.3 Å². The molecule has 2 aromatic heterocycles. The Hall–Kier alpha value is -7.23. The van der Waals surface area contributed by atoms with Gasteiger partial charge in [0.1, 0.15) is 0 Å². The van der Waals surface area contributed by atoms with Crippen molar-refractivity contribution in [2.75, 3.05) is 0 Å². The van der Waals surface area contributed by atoms with E-state index in [0.717, 1.165) is 33.6 Å². The SMILES string of the molecule is c1ccc(-c2ccc(-c3ccc(-c4cc(-c5cccnc5)nc(-c5ccc6c(c5)C(c5ccccc5)(c5ccccc5)c5ccccc5-6)n4)cc3)cc2)cc1. The lowest BCUT2D eigenvalue weighted by molar-refractivity contribution is 0.768. The molecule has 0 bridgehead atoms. The molecule has 0 aliphatic heterocycles. The summed E-state index contributed by atoms with van der Waals surface area (Å²) in [5, 5.41) is 0. The van der Waals surface area contributed by atoms with Gasteiger partial charge in [0, 0.05) is 29.1 Å². The molecule has 10 rings (SSSR count). The van der Waals surface area contributed by atoms with Crippen LogP contribution in [0.3, 0.4) is 0 Å². The summed E-state index contributed by atoms with van der Waals surface area (Å²) < 4.78 is 0. The second-order valence-electron chi connectivity index (χ2n) is 14.0. The molecule has 3 heteroatoms. The third-order valence-corrected chi connectivity index (χ3v) is 10.9. The predicted octanol–water partition coefficient (Wildman–Crippen LogP) is 12.6. The van der Waals surface area contributed by atoms with Crippen LogP contribution in [0.5, 0.6) is 0 Å². The molecule has 258 valence electrons. The first-order valence-corrected chi connectivity index (χ1v) is 18.7. The molecule has 1 aliphatic rings. The highest BCUT2D eigenvalue weighted by molar-refractivity contribution is 5.88. The fourth-order valence-electron chi connectivity index (χ4n) is 8.29. The van der Waals surface area contributed by atoms with E-state index >= 15 is 0 Å². The zero-order chi connectivity index (χ0) is 36.6. The molecule has 9 aromatic rings. The number of benzene rings is 7. The van der Waals surface area contributed by atoms with Gasteiger partial charge in [0.2, 0.25) is 0 Å². The highest BCUT2D eigenvalue weighted by atomic mass is 14.9. The number of hydrogen-bond acceptors (Lipinski definition) is 3. The quantitative estimate of drug-likeness (QED) is 0.166. The average molecular weight is 702 g/mol. The van der Waals surface area contributed by atoms with Gasteiger partial charge in [0.05, 0.1) is 16.8 Å². The van der Waals surface area contributed by atoms with E-state index in [0.29, 0.717) is 5.82 Å². The smallest absolute Gasteiger partial charge is 0.160 e. The standard InChI is InChI=1S/C52H35N3/c1-4-13-36(14-5-1)37-22-24-38(25-23-37)39-26-28-40(29-27-39)49-34-50(42-15-12-32-53-35-42)55-51(54-49)41-30-31-46-45-20-10-11-21-47(45)52(48(46)33-41,43-16-6-2-7-17-43)44-18-8-3-9-19-44/h1-35H.